The lowest BCUT2D eigenvalue weighted by molar-refractivity contribution is -0.189. The minimum absolute atomic E-state index is 0.0124. The molecular formula is C27H32F4N2O4Si. The fourth-order valence-electron chi connectivity index (χ4n) is 3.57. The van der Waals surface area contributed by atoms with E-state index >= 15 is 0 Å². The Bertz CT molecular complexity index is 1210. The number of hydrogen-bond acceptors (Lipinski definition) is 6. The van der Waals surface area contributed by atoms with Gasteiger partial charge in [-0.05, 0) is 61.0 Å². The summed E-state index contributed by atoms with van der Waals surface area (Å²) in [7, 11) is -2.22. The molecule has 0 saturated heterocycles. The lowest BCUT2D eigenvalue weighted by Crippen LogP contribution is -2.54. The van der Waals surface area contributed by atoms with Gasteiger partial charge >= 0.3 is 11.7 Å². The molecule has 38 heavy (non-hydrogen) atoms. The molecule has 0 radical (unpaired) electrons. The van der Waals surface area contributed by atoms with E-state index in [0.29, 0.717) is 17.7 Å². The molecule has 1 heterocycles. The number of halogens is 4. The molecule has 2 aromatic rings. The fraction of sp³-hybridized carbons (Fsp3) is 0.407. The van der Waals surface area contributed by atoms with Gasteiger partial charge in [-0.2, -0.15) is 0 Å². The number of carbonyl (C=O) groups is 1. The van der Waals surface area contributed by atoms with Crippen LogP contribution in [0.2, 0.25) is 18.1 Å². The first-order valence-corrected chi connectivity index (χ1v) is 15.1. The van der Waals surface area contributed by atoms with Gasteiger partial charge in [-0.15, -0.1) is 0 Å². The van der Waals surface area contributed by atoms with Gasteiger partial charge in [-0.1, -0.05) is 44.1 Å². The number of ether oxygens (including phenoxy) is 1. The summed E-state index contributed by atoms with van der Waals surface area (Å²) in [6, 6.07) is 7.00. The molecule has 0 aromatic heterocycles. The Balaban J connectivity index is 2.07. The molecule has 1 unspecified atom stereocenters. The number of oxime groups is 1. The van der Waals surface area contributed by atoms with E-state index in [0.717, 1.165) is 0 Å². The molecule has 3 rings (SSSR count). The molecule has 0 amide bonds. The van der Waals surface area contributed by atoms with Gasteiger partial charge in [0.05, 0.1) is 13.2 Å². The van der Waals surface area contributed by atoms with Crippen molar-refractivity contribution in [3.8, 4) is 0 Å². The van der Waals surface area contributed by atoms with Crippen molar-refractivity contribution in [1.82, 2.24) is 4.90 Å². The van der Waals surface area contributed by atoms with Gasteiger partial charge < -0.3 is 14.0 Å². The number of nitrogens with zero attached hydrogens (tertiary/aromatic N) is 2. The summed E-state index contributed by atoms with van der Waals surface area (Å²) in [5.74, 6) is -5.97. The first kappa shape index (κ1) is 29.4. The van der Waals surface area contributed by atoms with Crippen molar-refractivity contribution in [3.63, 3.8) is 0 Å². The Morgan fingerprint density at radius 2 is 1.68 bits per heavy atom. The van der Waals surface area contributed by atoms with Crippen LogP contribution in [0.5, 0.6) is 0 Å². The molecule has 0 fully saturated rings. The van der Waals surface area contributed by atoms with Crippen LogP contribution in [-0.2, 0) is 24.5 Å². The van der Waals surface area contributed by atoms with Crippen LogP contribution < -0.4 is 0 Å². The molecule has 0 bridgehead atoms. The van der Waals surface area contributed by atoms with E-state index in [1.165, 1.54) is 35.2 Å². The molecule has 1 aliphatic heterocycles. The smallest absolute Gasteiger partial charge is 0.380 e. The largest absolute Gasteiger partial charge is 0.461 e. The maximum atomic E-state index is 14.3. The molecule has 1 atom stereocenters. The molecular weight excluding hydrogens is 520 g/mol. The second-order valence-corrected chi connectivity index (χ2v) is 15.1. The van der Waals surface area contributed by atoms with E-state index in [9.17, 15) is 22.4 Å². The predicted molar refractivity (Wildman–Crippen MR) is 138 cm³/mol. The first-order chi connectivity index (χ1) is 17.7. The highest BCUT2D eigenvalue weighted by atomic mass is 28.4. The molecule has 0 spiro atoms. The van der Waals surface area contributed by atoms with E-state index < -0.39 is 43.3 Å². The molecule has 0 aliphatic carbocycles. The van der Waals surface area contributed by atoms with Crippen LogP contribution in [0.4, 0.5) is 17.6 Å². The average molecular weight is 553 g/mol. The Hall–Kier alpha value is -3.18. The van der Waals surface area contributed by atoms with E-state index in [2.05, 4.69) is 39.0 Å². The highest BCUT2D eigenvalue weighted by molar-refractivity contribution is 6.74. The number of rotatable bonds is 9. The topological polar surface area (TPSA) is 60.4 Å². The lowest BCUT2D eigenvalue weighted by Gasteiger charge is -2.38. The number of amidine groups is 1. The van der Waals surface area contributed by atoms with E-state index in [-0.39, 0.29) is 36.2 Å². The number of carbonyl (C=O) groups excluding carboxylic acids is 1. The number of hydrogen-bond donors (Lipinski definition) is 0. The first-order valence-electron chi connectivity index (χ1n) is 12.2. The highest BCUT2D eigenvalue weighted by Crippen LogP contribution is 2.40. The van der Waals surface area contributed by atoms with Crippen LogP contribution in [0.15, 0.2) is 47.6 Å². The Kier molecular flexibility index (Phi) is 8.72. The van der Waals surface area contributed by atoms with Gasteiger partial charge in [-0.25, -0.2) is 22.4 Å². The van der Waals surface area contributed by atoms with Gasteiger partial charge in [0.25, 0.3) is 0 Å². The molecule has 0 saturated carbocycles. The quantitative estimate of drug-likeness (QED) is 0.157. The zero-order valence-corrected chi connectivity index (χ0v) is 23.3. The van der Waals surface area contributed by atoms with Crippen molar-refractivity contribution in [3.05, 3.63) is 76.9 Å². The third-order valence-electron chi connectivity index (χ3n) is 6.73. The summed E-state index contributed by atoms with van der Waals surface area (Å²) < 4.78 is 67.3. The molecule has 1 aliphatic rings. The zero-order valence-electron chi connectivity index (χ0n) is 22.3. The molecule has 2 aromatic carbocycles. The second-order valence-electron chi connectivity index (χ2n) is 10.3. The average Bonchev–Trinajstić information content (AvgIpc) is 3.20. The summed E-state index contributed by atoms with van der Waals surface area (Å²) in [5, 5.41) is 3.92. The van der Waals surface area contributed by atoms with Crippen LogP contribution >= 0.6 is 0 Å². The summed E-state index contributed by atoms with van der Waals surface area (Å²) in [6.45, 7) is 12.0. The van der Waals surface area contributed by atoms with Crippen molar-refractivity contribution in [2.24, 2.45) is 5.16 Å². The summed E-state index contributed by atoms with van der Waals surface area (Å²) >= 11 is 0. The van der Waals surface area contributed by atoms with Crippen LogP contribution in [0.3, 0.4) is 0 Å². The molecule has 0 N–H and O–H groups in total. The molecule has 11 heteroatoms. The Morgan fingerprint density at radius 1 is 1.08 bits per heavy atom. The van der Waals surface area contributed by atoms with Gasteiger partial charge in [0.15, 0.2) is 31.6 Å². The summed E-state index contributed by atoms with van der Waals surface area (Å²) in [4.78, 5) is 20.3. The third kappa shape index (κ3) is 5.93. The standard InChI is InChI=1S/C27H32F4N2O4Si/c1-7-35-25(34)27(19-16-21(29)24(31)22(30)17-19)33(14-15-36-38(5,6)26(2,3)4)23(32-37-27)13-10-18-8-11-20(28)12-9-18/h8-13,16-17H,7,14-15H2,1-6H3/b13-10+. The minimum Gasteiger partial charge on any atom is -0.461 e. The number of benzene rings is 2. The Morgan fingerprint density at radius 3 is 2.24 bits per heavy atom. The number of esters is 1. The third-order valence-corrected chi connectivity index (χ3v) is 11.3. The normalized spacial score (nSPS) is 18.1. The van der Waals surface area contributed by atoms with Crippen molar-refractivity contribution in [2.75, 3.05) is 19.8 Å². The maximum Gasteiger partial charge on any atom is 0.380 e. The van der Waals surface area contributed by atoms with Crippen LogP contribution in [0.25, 0.3) is 6.08 Å². The lowest BCUT2D eigenvalue weighted by atomic mass is 9.99. The SMILES string of the molecule is CCOC(=O)C1(c2cc(F)c(F)c(F)c2)ON=C(/C=C/c2ccc(F)cc2)N1CCO[Si](C)(C)C(C)(C)C. The van der Waals surface area contributed by atoms with Crippen molar-refractivity contribution >= 4 is 26.2 Å². The maximum absolute atomic E-state index is 14.3. The monoisotopic (exact) mass is 552 g/mol. The van der Waals surface area contributed by atoms with E-state index in [1.54, 1.807) is 13.0 Å². The molecule has 6 nitrogen and oxygen atoms in total. The van der Waals surface area contributed by atoms with Crippen molar-refractivity contribution in [1.29, 1.82) is 0 Å². The second kappa shape index (κ2) is 11.3. The van der Waals surface area contributed by atoms with Gasteiger partial charge in [0.1, 0.15) is 5.82 Å². The van der Waals surface area contributed by atoms with Gasteiger partial charge in [-0.3, -0.25) is 4.90 Å². The van der Waals surface area contributed by atoms with Gasteiger partial charge in [0.2, 0.25) is 0 Å². The molecule has 206 valence electrons. The summed E-state index contributed by atoms with van der Waals surface area (Å²) in [5.41, 5.74) is -1.96. The highest BCUT2D eigenvalue weighted by Gasteiger charge is 2.56. The van der Waals surface area contributed by atoms with E-state index in [4.69, 9.17) is 14.0 Å². The van der Waals surface area contributed by atoms with Crippen molar-refractivity contribution in [2.45, 2.75) is 51.6 Å². The van der Waals surface area contributed by atoms with Crippen LogP contribution in [-0.4, -0.2) is 44.8 Å². The zero-order chi connectivity index (χ0) is 28.3. The predicted octanol–water partition coefficient (Wildman–Crippen LogP) is 6.34. The van der Waals surface area contributed by atoms with Crippen LogP contribution in [0, 0.1) is 23.3 Å². The summed E-state index contributed by atoms with van der Waals surface area (Å²) in [6.07, 6.45) is 3.12. The fourth-order valence-corrected chi connectivity index (χ4v) is 4.61. The van der Waals surface area contributed by atoms with Crippen LogP contribution in [0.1, 0.15) is 38.8 Å². The minimum atomic E-state index is -2.25. The van der Waals surface area contributed by atoms with Gasteiger partial charge in [0, 0.05) is 12.1 Å². The van der Waals surface area contributed by atoms with Crippen molar-refractivity contribution < 1.29 is 36.4 Å². The van der Waals surface area contributed by atoms with E-state index in [1.807, 2.05) is 0 Å². The Labute approximate surface area is 221 Å².